The van der Waals surface area contributed by atoms with Crippen molar-refractivity contribution < 1.29 is 14.3 Å². The minimum absolute atomic E-state index is 0.0301. The van der Waals surface area contributed by atoms with Crippen molar-refractivity contribution in [2.24, 2.45) is 0 Å². The van der Waals surface area contributed by atoms with Crippen LogP contribution in [0.15, 0.2) is 0 Å². The van der Waals surface area contributed by atoms with Crippen molar-refractivity contribution in [2.75, 3.05) is 45.9 Å². The molecule has 1 aliphatic heterocycles. The van der Waals surface area contributed by atoms with Crippen LogP contribution in [0, 0.1) is 0 Å². The molecular weight excluding hydrogens is 246 g/mol. The van der Waals surface area contributed by atoms with Gasteiger partial charge in [0.05, 0.1) is 25.8 Å². The molecular formula is C13H25N3O3. The Morgan fingerprint density at radius 1 is 1.26 bits per heavy atom. The molecule has 1 heterocycles. The topological polar surface area (TPSA) is 61.9 Å². The molecule has 0 spiro atoms. The lowest BCUT2D eigenvalue weighted by molar-refractivity contribution is -0.135. The first-order valence-electron chi connectivity index (χ1n) is 6.97. The highest BCUT2D eigenvalue weighted by Gasteiger charge is 2.21. The first kappa shape index (κ1) is 15.9. The molecule has 1 aliphatic rings. The van der Waals surface area contributed by atoms with Gasteiger partial charge in [-0.15, -0.1) is 0 Å². The Morgan fingerprint density at radius 3 is 2.37 bits per heavy atom. The van der Waals surface area contributed by atoms with Gasteiger partial charge >= 0.3 is 0 Å². The molecule has 1 rings (SSSR count). The minimum atomic E-state index is -0.329. The van der Waals surface area contributed by atoms with Crippen molar-refractivity contribution in [1.29, 1.82) is 0 Å². The molecule has 1 fully saturated rings. The van der Waals surface area contributed by atoms with Crippen molar-refractivity contribution in [1.82, 2.24) is 15.1 Å². The van der Waals surface area contributed by atoms with Crippen LogP contribution in [-0.4, -0.2) is 73.6 Å². The van der Waals surface area contributed by atoms with Crippen LogP contribution < -0.4 is 5.32 Å². The predicted molar refractivity (Wildman–Crippen MR) is 72.8 cm³/mol. The van der Waals surface area contributed by atoms with Crippen molar-refractivity contribution in [3.8, 4) is 0 Å². The smallest absolute Gasteiger partial charge is 0.239 e. The number of likely N-dealkylation sites (N-methyl/N-ethyl adjacent to an activating group) is 1. The lowest BCUT2D eigenvalue weighted by Crippen LogP contribution is -2.50. The van der Waals surface area contributed by atoms with Crippen LogP contribution in [0.5, 0.6) is 0 Å². The second-order valence-electron chi connectivity index (χ2n) is 4.61. The van der Waals surface area contributed by atoms with Crippen molar-refractivity contribution in [3.05, 3.63) is 0 Å². The third-order valence-corrected chi connectivity index (χ3v) is 3.37. The molecule has 0 radical (unpaired) electrons. The number of rotatable bonds is 6. The largest absolute Gasteiger partial charge is 0.378 e. The van der Waals surface area contributed by atoms with Crippen LogP contribution in [0.25, 0.3) is 0 Å². The summed E-state index contributed by atoms with van der Waals surface area (Å²) in [5, 5.41) is 3.01. The SMILES string of the molecule is CCN(CC)C(=O)C(C)NCC(=O)N1CCOCC1. The molecule has 0 aromatic rings. The zero-order valence-electron chi connectivity index (χ0n) is 12.1. The maximum absolute atomic E-state index is 12.0. The van der Waals surface area contributed by atoms with Gasteiger partial charge in [-0.2, -0.15) is 0 Å². The highest BCUT2D eigenvalue weighted by molar-refractivity contribution is 5.83. The Kier molecular flexibility index (Phi) is 6.80. The van der Waals surface area contributed by atoms with Gasteiger partial charge in [0, 0.05) is 26.2 Å². The molecule has 0 aliphatic carbocycles. The van der Waals surface area contributed by atoms with E-state index in [0.717, 1.165) is 0 Å². The Morgan fingerprint density at radius 2 is 1.84 bits per heavy atom. The minimum Gasteiger partial charge on any atom is -0.378 e. The number of carbonyl (C=O) groups is 2. The molecule has 6 heteroatoms. The maximum atomic E-state index is 12.0. The van der Waals surface area contributed by atoms with E-state index in [1.165, 1.54) is 0 Å². The molecule has 0 aromatic carbocycles. The van der Waals surface area contributed by atoms with Gasteiger partial charge in [-0.3, -0.25) is 14.9 Å². The van der Waals surface area contributed by atoms with Crippen LogP contribution >= 0.6 is 0 Å². The number of morpholine rings is 1. The van der Waals surface area contributed by atoms with E-state index >= 15 is 0 Å². The molecule has 0 aromatic heterocycles. The highest BCUT2D eigenvalue weighted by Crippen LogP contribution is 1.98. The van der Waals surface area contributed by atoms with Gasteiger partial charge in [0.2, 0.25) is 11.8 Å². The zero-order valence-corrected chi connectivity index (χ0v) is 12.1. The molecule has 0 bridgehead atoms. The fourth-order valence-electron chi connectivity index (χ4n) is 2.06. The molecule has 1 N–H and O–H groups in total. The molecule has 1 saturated heterocycles. The van der Waals surface area contributed by atoms with Gasteiger partial charge < -0.3 is 14.5 Å². The molecule has 19 heavy (non-hydrogen) atoms. The molecule has 1 unspecified atom stereocenters. The maximum Gasteiger partial charge on any atom is 0.239 e. The van der Waals surface area contributed by atoms with Crippen molar-refractivity contribution >= 4 is 11.8 Å². The Bertz CT molecular complexity index is 300. The number of hydrogen-bond donors (Lipinski definition) is 1. The van der Waals surface area contributed by atoms with Gasteiger partial charge in [-0.25, -0.2) is 0 Å². The summed E-state index contributed by atoms with van der Waals surface area (Å²) in [5.41, 5.74) is 0. The third-order valence-electron chi connectivity index (χ3n) is 3.37. The number of nitrogens with zero attached hydrogens (tertiary/aromatic N) is 2. The van der Waals surface area contributed by atoms with E-state index in [1.54, 1.807) is 16.7 Å². The van der Waals surface area contributed by atoms with Gasteiger partial charge in [-0.05, 0) is 20.8 Å². The van der Waals surface area contributed by atoms with Crippen molar-refractivity contribution in [3.63, 3.8) is 0 Å². The Balaban J connectivity index is 2.34. The second kappa shape index (κ2) is 8.12. The molecule has 0 saturated carbocycles. The van der Waals surface area contributed by atoms with Gasteiger partial charge in [0.15, 0.2) is 0 Å². The van der Waals surface area contributed by atoms with Gasteiger partial charge in [0.1, 0.15) is 0 Å². The number of nitrogens with one attached hydrogen (secondary N) is 1. The summed E-state index contributed by atoms with van der Waals surface area (Å²) in [6.45, 7) is 9.76. The van der Waals surface area contributed by atoms with Crippen LogP contribution in [0.4, 0.5) is 0 Å². The van der Waals surface area contributed by atoms with Crippen LogP contribution in [0.3, 0.4) is 0 Å². The van der Waals surface area contributed by atoms with E-state index in [9.17, 15) is 9.59 Å². The van der Waals surface area contributed by atoms with Crippen LogP contribution in [-0.2, 0) is 14.3 Å². The third kappa shape index (κ3) is 4.80. The van der Waals surface area contributed by atoms with E-state index in [2.05, 4.69) is 5.32 Å². The fourth-order valence-corrected chi connectivity index (χ4v) is 2.06. The lowest BCUT2D eigenvalue weighted by Gasteiger charge is -2.28. The number of hydrogen-bond acceptors (Lipinski definition) is 4. The summed E-state index contributed by atoms with van der Waals surface area (Å²) in [5.74, 6) is 0.0716. The first-order chi connectivity index (χ1) is 9.10. The highest BCUT2D eigenvalue weighted by atomic mass is 16.5. The second-order valence-corrected chi connectivity index (χ2v) is 4.61. The van der Waals surface area contributed by atoms with E-state index in [0.29, 0.717) is 39.4 Å². The molecule has 110 valence electrons. The van der Waals surface area contributed by atoms with Crippen LogP contribution in [0.1, 0.15) is 20.8 Å². The summed E-state index contributed by atoms with van der Waals surface area (Å²) in [4.78, 5) is 27.5. The fraction of sp³-hybridized carbons (Fsp3) is 0.846. The summed E-state index contributed by atoms with van der Waals surface area (Å²) >= 11 is 0. The number of carbonyl (C=O) groups excluding carboxylic acids is 2. The summed E-state index contributed by atoms with van der Waals surface area (Å²) < 4.78 is 5.20. The monoisotopic (exact) mass is 271 g/mol. The predicted octanol–water partition coefficient (Wildman–Crippen LogP) is -0.308. The Hall–Kier alpha value is -1.14. The molecule has 6 nitrogen and oxygen atoms in total. The summed E-state index contributed by atoms with van der Waals surface area (Å²) in [6, 6.07) is -0.329. The standard InChI is InChI=1S/C13H25N3O3/c1-4-15(5-2)13(18)11(3)14-10-12(17)16-6-8-19-9-7-16/h11,14H,4-10H2,1-3H3. The van der Waals surface area contributed by atoms with Crippen LogP contribution in [0.2, 0.25) is 0 Å². The Labute approximate surface area is 115 Å². The van der Waals surface area contributed by atoms with E-state index in [1.807, 2.05) is 13.8 Å². The number of ether oxygens (including phenoxy) is 1. The average molecular weight is 271 g/mol. The van der Waals surface area contributed by atoms with Gasteiger partial charge in [0.25, 0.3) is 0 Å². The zero-order chi connectivity index (χ0) is 14.3. The van der Waals surface area contributed by atoms with E-state index in [4.69, 9.17) is 4.74 Å². The van der Waals surface area contributed by atoms with E-state index < -0.39 is 0 Å². The van der Waals surface area contributed by atoms with Gasteiger partial charge in [-0.1, -0.05) is 0 Å². The summed E-state index contributed by atoms with van der Waals surface area (Å²) in [6.07, 6.45) is 0. The summed E-state index contributed by atoms with van der Waals surface area (Å²) in [7, 11) is 0. The lowest BCUT2D eigenvalue weighted by atomic mass is 10.2. The first-order valence-corrected chi connectivity index (χ1v) is 6.97. The molecule has 2 amide bonds. The van der Waals surface area contributed by atoms with E-state index in [-0.39, 0.29) is 24.4 Å². The average Bonchev–Trinajstić information content (AvgIpc) is 2.46. The number of amides is 2. The quantitative estimate of drug-likeness (QED) is 0.720. The van der Waals surface area contributed by atoms with Crippen molar-refractivity contribution in [2.45, 2.75) is 26.8 Å². The normalized spacial score (nSPS) is 17.1. The molecule has 1 atom stereocenters.